The molecular formula is C25H21N5O8. The Morgan fingerprint density at radius 2 is 1.55 bits per heavy atom. The van der Waals surface area contributed by atoms with Crippen LogP contribution in [0.3, 0.4) is 0 Å². The van der Waals surface area contributed by atoms with Gasteiger partial charge in [0.2, 0.25) is 5.91 Å². The van der Waals surface area contributed by atoms with Crippen molar-refractivity contribution in [1.29, 1.82) is 0 Å². The maximum atomic E-state index is 12.5. The molecule has 3 aromatic rings. The van der Waals surface area contributed by atoms with Crippen LogP contribution in [0.15, 0.2) is 71.8 Å². The van der Waals surface area contributed by atoms with E-state index in [0.29, 0.717) is 16.9 Å². The minimum Gasteiger partial charge on any atom is -0.493 e. The second kappa shape index (κ2) is 12.4. The second-order valence-corrected chi connectivity index (χ2v) is 7.49. The first kappa shape index (κ1) is 27.0. The van der Waals surface area contributed by atoms with Crippen LogP contribution in [0.2, 0.25) is 0 Å². The average Bonchev–Trinajstić information content (AvgIpc) is 2.90. The molecule has 3 aromatic carbocycles. The van der Waals surface area contributed by atoms with Gasteiger partial charge in [0.05, 0.1) is 18.2 Å². The van der Waals surface area contributed by atoms with E-state index in [1.807, 2.05) is 0 Å². The van der Waals surface area contributed by atoms with E-state index in [1.54, 1.807) is 12.1 Å². The van der Waals surface area contributed by atoms with E-state index in [4.69, 9.17) is 9.47 Å². The molecule has 13 heteroatoms. The van der Waals surface area contributed by atoms with E-state index < -0.39 is 28.4 Å². The summed E-state index contributed by atoms with van der Waals surface area (Å²) in [4.78, 5) is 58.1. The highest BCUT2D eigenvalue weighted by atomic mass is 16.6. The summed E-state index contributed by atoms with van der Waals surface area (Å²) < 4.78 is 10.5. The molecule has 0 saturated carbocycles. The molecule has 0 heterocycles. The standard InChI is InChI=1S/C25H21N5O8/c1-15(31)27-17-8-10-18(11-9-17)28-23(32)24(33)29-26-14-16-7-12-21(22(13-16)37-2)38-25(34)19-5-3-4-6-20(19)30(35)36/h3-14H,1-2H3,(H,27,31)(H,28,32)(H,29,33)/b26-14+. The molecule has 0 unspecified atom stereocenters. The van der Waals surface area contributed by atoms with Gasteiger partial charge in [0.1, 0.15) is 5.56 Å². The van der Waals surface area contributed by atoms with Crippen molar-refractivity contribution >= 4 is 47.0 Å². The summed E-state index contributed by atoms with van der Waals surface area (Å²) in [5, 5.41) is 19.9. The van der Waals surface area contributed by atoms with Gasteiger partial charge in [0.25, 0.3) is 5.69 Å². The molecule has 0 aliphatic carbocycles. The van der Waals surface area contributed by atoms with Gasteiger partial charge in [0.15, 0.2) is 11.5 Å². The third kappa shape index (κ3) is 7.21. The van der Waals surface area contributed by atoms with Gasteiger partial charge >= 0.3 is 17.8 Å². The minimum atomic E-state index is -1.03. The Bertz CT molecular complexity index is 1420. The van der Waals surface area contributed by atoms with Crippen molar-refractivity contribution in [3.8, 4) is 11.5 Å². The van der Waals surface area contributed by atoms with Gasteiger partial charge in [-0.3, -0.25) is 24.5 Å². The van der Waals surface area contributed by atoms with Crippen molar-refractivity contribution in [3.05, 3.63) is 88.0 Å². The molecule has 0 spiro atoms. The zero-order valence-electron chi connectivity index (χ0n) is 20.1. The summed E-state index contributed by atoms with van der Waals surface area (Å²) in [5.41, 5.74) is 2.74. The van der Waals surface area contributed by atoms with Crippen LogP contribution in [0.5, 0.6) is 11.5 Å². The van der Waals surface area contributed by atoms with Crippen molar-refractivity contribution < 1.29 is 33.6 Å². The topological polar surface area (TPSA) is 178 Å². The number of carbonyl (C=O) groups is 4. The first-order valence-electron chi connectivity index (χ1n) is 10.8. The molecule has 0 fully saturated rings. The Hall–Kier alpha value is -5.59. The fraction of sp³-hybridized carbons (Fsp3) is 0.0800. The van der Waals surface area contributed by atoms with Gasteiger partial charge in [-0.15, -0.1) is 0 Å². The van der Waals surface area contributed by atoms with Crippen LogP contribution >= 0.6 is 0 Å². The summed E-state index contributed by atoms with van der Waals surface area (Å²) >= 11 is 0. The number of nitro groups is 1. The number of esters is 1. The van der Waals surface area contributed by atoms with Crippen LogP contribution in [0.25, 0.3) is 0 Å². The average molecular weight is 519 g/mol. The Kier molecular flexibility index (Phi) is 8.81. The second-order valence-electron chi connectivity index (χ2n) is 7.49. The van der Waals surface area contributed by atoms with Crippen molar-refractivity contribution in [2.75, 3.05) is 17.7 Å². The fourth-order valence-corrected chi connectivity index (χ4v) is 3.05. The lowest BCUT2D eigenvalue weighted by Crippen LogP contribution is -2.32. The van der Waals surface area contributed by atoms with E-state index in [-0.39, 0.29) is 23.0 Å². The summed E-state index contributed by atoms with van der Waals surface area (Å²) in [6.07, 6.45) is 1.23. The Morgan fingerprint density at radius 3 is 2.18 bits per heavy atom. The number of methoxy groups -OCH3 is 1. The van der Waals surface area contributed by atoms with Crippen molar-refractivity contribution in [2.45, 2.75) is 6.92 Å². The van der Waals surface area contributed by atoms with Gasteiger partial charge < -0.3 is 20.1 Å². The Balaban J connectivity index is 1.60. The number of rotatable bonds is 8. The number of anilines is 2. The lowest BCUT2D eigenvalue weighted by molar-refractivity contribution is -0.385. The predicted octanol–water partition coefficient (Wildman–Crippen LogP) is 2.87. The van der Waals surface area contributed by atoms with E-state index >= 15 is 0 Å². The van der Waals surface area contributed by atoms with Crippen LogP contribution in [-0.4, -0.2) is 41.9 Å². The van der Waals surface area contributed by atoms with Crippen LogP contribution in [0.4, 0.5) is 17.1 Å². The molecule has 0 saturated heterocycles. The van der Waals surface area contributed by atoms with Gasteiger partial charge in [-0.25, -0.2) is 10.2 Å². The summed E-state index contributed by atoms with van der Waals surface area (Å²) in [6, 6.07) is 15.8. The van der Waals surface area contributed by atoms with Crippen LogP contribution in [0, 0.1) is 10.1 Å². The highest BCUT2D eigenvalue weighted by Crippen LogP contribution is 2.29. The molecule has 3 rings (SSSR count). The quantitative estimate of drug-likeness (QED) is 0.101. The first-order chi connectivity index (χ1) is 18.2. The molecule has 194 valence electrons. The molecule has 3 amide bonds. The number of hydrogen-bond donors (Lipinski definition) is 3. The van der Waals surface area contributed by atoms with Crippen molar-refractivity contribution in [3.63, 3.8) is 0 Å². The molecular weight excluding hydrogens is 498 g/mol. The van der Waals surface area contributed by atoms with Crippen molar-refractivity contribution in [2.24, 2.45) is 5.10 Å². The molecule has 13 nitrogen and oxygen atoms in total. The largest absolute Gasteiger partial charge is 0.493 e. The maximum absolute atomic E-state index is 12.5. The molecule has 0 atom stereocenters. The normalized spacial score (nSPS) is 10.4. The zero-order chi connectivity index (χ0) is 27.7. The molecule has 0 radical (unpaired) electrons. The van der Waals surface area contributed by atoms with Gasteiger partial charge in [-0.2, -0.15) is 5.10 Å². The van der Waals surface area contributed by atoms with Gasteiger partial charge in [-0.1, -0.05) is 12.1 Å². The number of nitrogens with one attached hydrogen (secondary N) is 3. The minimum absolute atomic E-state index is 0.000681. The summed E-state index contributed by atoms with van der Waals surface area (Å²) in [7, 11) is 1.33. The number of hydrazone groups is 1. The van der Waals surface area contributed by atoms with Gasteiger partial charge in [-0.05, 0) is 54.1 Å². The predicted molar refractivity (Wildman–Crippen MR) is 136 cm³/mol. The molecule has 0 aliphatic heterocycles. The number of ether oxygens (including phenoxy) is 2. The third-order valence-corrected chi connectivity index (χ3v) is 4.76. The molecule has 3 N–H and O–H groups in total. The number of nitro benzene ring substituents is 1. The number of amides is 3. The van der Waals surface area contributed by atoms with E-state index in [0.717, 1.165) is 0 Å². The number of nitrogens with zero attached hydrogens (tertiary/aromatic N) is 2. The SMILES string of the molecule is COc1cc(/C=N/NC(=O)C(=O)Nc2ccc(NC(C)=O)cc2)ccc1OC(=O)c1ccccc1[N+](=O)[O-]. The van der Waals surface area contributed by atoms with E-state index in [1.165, 1.54) is 74.8 Å². The summed E-state index contributed by atoms with van der Waals surface area (Å²) in [5.74, 6) is -3.07. The monoisotopic (exact) mass is 519 g/mol. The molecule has 0 bridgehead atoms. The van der Waals surface area contributed by atoms with Crippen LogP contribution in [-0.2, 0) is 14.4 Å². The first-order valence-corrected chi connectivity index (χ1v) is 10.8. The zero-order valence-corrected chi connectivity index (χ0v) is 20.1. The summed E-state index contributed by atoms with van der Waals surface area (Å²) in [6.45, 7) is 1.36. The highest BCUT2D eigenvalue weighted by molar-refractivity contribution is 6.39. The molecule has 0 aliphatic rings. The highest BCUT2D eigenvalue weighted by Gasteiger charge is 2.22. The van der Waals surface area contributed by atoms with E-state index in [2.05, 4.69) is 21.2 Å². The number of carbonyl (C=O) groups excluding carboxylic acids is 4. The van der Waals surface area contributed by atoms with Gasteiger partial charge in [0, 0.05) is 24.4 Å². The molecule has 0 aromatic heterocycles. The number of hydrogen-bond acceptors (Lipinski definition) is 9. The van der Waals surface area contributed by atoms with E-state index in [9.17, 15) is 29.3 Å². The smallest absolute Gasteiger partial charge is 0.350 e. The van der Waals surface area contributed by atoms with Crippen molar-refractivity contribution in [1.82, 2.24) is 5.43 Å². The fourth-order valence-electron chi connectivity index (χ4n) is 3.05. The number of para-hydroxylation sites is 1. The Morgan fingerprint density at radius 1 is 0.895 bits per heavy atom. The van der Waals surface area contributed by atoms with Crippen LogP contribution < -0.4 is 25.5 Å². The number of benzene rings is 3. The lowest BCUT2D eigenvalue weighted by Gasteiger charge is -2.10. The maximum Gasteiger partial charge on any atom is 0.350 e. The van der Waals surface area contributed by atoms with Crippen LogP contribution in [0.1, 0.15) is 22.8 Å². The molecule has 38 heavy (non-hydrogen) atoms. The lowest BCUT2D eigenvalue weighted by atomic mass is 10.2. The Labute approximate surface area is 215 Å². The third-order valence-electron chi connectivity index (χ3n) is 4.76.